The Hall–Kier alpha value is -1.44. The highest BCUT2D eigenvalue weighted by Gasteiger charge is 2.38. The molecule has 1 aromatic rings. The molecule has 23 heavy (non-hydrogen) atoms. The number of nitrogens with zero attached hydrogens (tertiary/aromatic N) is 1. The van der Waals surface area contributed by atoms with E-state index in [2.05, 4.69) is 16.8 Å². The van der Waals surface area contributed by atoms with Crippen molar-refractivity contribution in [2.24, 2.45) is 0 Å². The van der Waals surface area contributed by atoms with E-state index in [0.29, 0.717) is 16.1 Å². The zero-order chi connectivity index (χ0) is 17.6. The van der Waals surface area contributed by atoms with Gasteiger partial charge in [-0.2, -0.15) is 13.2 Å². The van der Waals surface area contributed by atoms with Crippen molar-refractivity contribution in [3.8, 4) is 0 Å². The fourth-order valence-electron chi connectivity index (χ4n) is 1.96. The largest absolute Gasteiger partial charge is 0.490 e. The summed E-state index contributed by atoms with van der Waals surface area (Å²) in [5.74, 6) is -2.76. The predicted octanol–water partition coefficient (Wildman–Crippen LogP) is 3.59. The maximum absolute atomic E-state index is 10.6. The lowest BCUT2D eigenvalue weighted by molar-refractivity contribution is -0.192. The number of nitrogens with one attached hydrogen (secondary N) is 1. The van der Waals surface area contributed by atoms with Crippen LogP contribution in [0.5, 0.6) is 0 Å². The second-order valence-electron chi connectivity index (χ2n) is 4.63. The van der Waals surface area contributed by atoms with Crippen LogP contribution in [0.3, 0.4) is 0 Å². The SMILES string of the molecule is C=CC1CNCCN1c1cc(Cl)cc(Cl)c1.O=C(O)C(F)(F)F. The number of hydrogen-bond acceptors (Lipinski definition) is 3. The summed E-state index contributed by atoms with van der Waals surface area (Å²) in [5, 5.41) is 11.8. The number of piperazine rings is 1. The summed E-state index contributed by atoms with van der Waals surface area (Å²) >= 11 is 12.0. The lowest BCUT2D eigenvalue weighted by atomic mass is 10.1. The highest BCUT2D eigenvalue weighted by Crippen LogP contribution is 2.27. The van der Waals surface area contributed by atoms with Crippen LogP contribution in [-0.2, 0) is 4.79 Å². The molecule has 9 heteroatoms. The van der Waals surface area contributed by atoms with Crippen molar-refractivity contribution in [2.75, 3.05) is 24.5 Å². The molecule has 1 aliphatic rings. The standard InChI is InChI=1S/C12H14Cl2N2.C2HF3O2/c1-2-11-8-15-3-4-16(11)12-6-9(13)5-10(14)7-12;3-2(4,5)1(6)7/h2,5-7,11,15H,1,3-4,8H2;(H,6,7). The Kier molecular flexibility index (Phi) is 7.18. The van der Waals surface area contributed by atoms with Crippen molar-refractivity contribution >= 4 is 34.9 Å². The minimum Gasteiger partial charge on any atom is -0.475 e. The van der Waals surface area contributed by atoms with Crippen molar-refractivity contribution in [3.05, 3.63) is 40.9 Å². The smallest absolute Gasteiger partial charge is 0.475 e. The second kappa shape index (κ2) is 8.42. The van der Waals surface area contributed by atoms with Gasteiger partial charge in [-0.1, -0.05) is 29.3 Å². The monoisotopic (exact) mass is 370 g/mol. The van der Waals surface area contributed by atoms with E-state index in [-0.39, 0.29) is 0 Å². The number of alkyl halides is 3. The summed E-state index contributed by atoms with van der Waals surface area (Å²) in [6.07, 6.45) is -3.14. The Morgan fingerprint density at radius 3 is 2.30 bits per heavy atom. The number of halogens is 5. The zero-order valence-electron chi connectivity index (χ0n) is 11.9. The molecule has 1 heterocycles. The van der Waals surface area contributed by atoms with Crippen LogP contribution in [-0.4, -0.2) is 42.9 Å². The van der Waals surface area contributed by atoms with Gasteiger partial charge in [-0.3, -0.25) is 0 Å². The fourth-order valence-corrected chi connectivity index (χ4v) is 2.48. The number of aliphatic carboxylic acids is 1. The van der Waals surface area contributed by atoms with Crippen molar-refractivity contribution in [1.82, 2.24) is 5.32 Å². The topological polar surface area (TPSA) is 52.6 Å². The summed E-state index contributed by atoms with van der Waals surface area (Å²) < 4.78 is 31.7. The van der Waals surface area contributed by atoms with Crippen LogP contribution in [0.25, 0.3) is 0 Å². The van der Waals surface area contributed by atoms with Gasteiger partial charge in [-0.05, 0) is 18.2 Å². The molecule has 0 aliphatic carbocycles. The third-order valence-electron chi connectivity index (χ3n) is 2.98. The van der Waals surface area contributed by atoms with Crippen LogP contribution in [0, 0.1) is 0 Å². The molecule has 0 aromatic heterocycles. The van der Waals surface area contributed by atoms with Crippen molar-refractivity contribution in [2.45, 2.75) is 12.2 Å². The molecule has 128 valence electrons. The molecular weight excluding hydrogens is 356 g/mol. The number of rotatable bonds is 2. The van der Waals surface area contributed by atoms with Gasteiger partial charge in [0.1, 0.15) is 0 Å². The van der Waals surface area contributed by atoms with E-state index in [0.717, 1.165) is 25.3 Å². The molecule has 0 amide bonds. The molecule has 1 aliphatic heterocycles. The van der Waals surface area contributed by atoms with E-state index in [1.165, 1.54) is 0 Å². The van der Waals surface area contributed by atoms with Gasteiger partial charge >= 0.3 is 12.1 Å². The van der Waals surface area contributed by atoms with Gasteiger partial charge in [-0.15, -0.1) is 6.58 Å². The van der Waals surface area contributed by atoms with Crippen LogP contribution in [0.2, 0.25) is 10.0 Å². The highest BCUT2D eigenvalue weighted by atomic mass is 35.5. The Labute approximate surface area is 141 Å². The lowest BCUT2D eigenvalue weighted by Crippen LogP contribution is -2.50. The average molecular weight is 371 g/mol. The van der Waals surface area contributed by atoms with Crippen LogP contribution in [0.15, 0.2) is 30.9 Å². The van der Waals surface area contributed by atoms with E-state index in [1.54, 1.807) is 6.07 Å². The lowest BCUT2D eigenvalue weighted by Gasteiger charge is -2.36. The normalized spacial score (nSPS) is 18.0. The molecule has 1 saturated heterocycles. The summed E-state index contributed by atoms with van der Waals surface area (Å²) in [5.41, 5.74) is 1.06. The summed E-state index contributed by atoms with van der Waals surface area (Å²) in [4.78, 5) is 11.2. The molecule has 1 atom stereocenters. The Bertz CT molecular complexity index is 547. The van der Waals surface area contributed by atoms with Crippen molar-refractivity contribution in [1.29, 1.82) is 0 Å². The van der Waals surface area contributed by atoms with Crippen molar-refractivity contribution < 1.29 is 23.1 Å². The van der Waals surface area contributed by atoms with E-state index >= 15 is 0 Å². The maximum atomic E-state index is 10.6. The van der Waals surface area contributed by atoms with E-state index in [9.17, 15) is 13.2 Å². The summed E-state index contributed by atoms with van der Waals surface area (Å²) in [6.45, 7) is 6.67. The highest BCUT2D eigenvalue weighted by molar-refractivity contribution is 6.35. The molecule has 0 saturated carbocycles. The number of carboxylic acid groups (broad SMARTS) is 1. The summed E-state index contributed by atoms with van der Waals surface area (Å²) in [7, 11) is 0. The molecule has 2 rings (SSSR count). The van der Waals surface area contributed by atoms with Crippen LogP contribution in [0.4, 0.5) is 18.9 Å². The molecule has 0 spiro atoms. The zero-order valence-corrected chi connectivity index (χ0v) is 13.4. The first-order valence-electron chi connectivity index (χ1n) is 6.51. The maximum Gasteiger partial charge on any atom is 0.490 e. The van der Waals surface area contributed by atoms with Crippen molar-refractivity contribution in [3.63, 3.8) is 0 Å². The minimum atomic E-state index is -5.08. The number of carboxylic acids is 1. The second-order valence-corrected chi connectivity index (χ2v) is 5.50. The van der Waals surface area contributed by atoms with Gasteiger partial charge in [0.15, 0.2) is 0 Å². The Balaban J connectivity index is 0.000000322. The first-order valence-corrected chi connectivity index (χ1v) is 7.27. The molecule has 1 unspecified atom stereocenters. The molecule has 4 nitrogen and oxygen atoms in total. The van der Waals surface area contributed by atoms with Gasteiger partial charge in [0.05, 0.1) is 6.04 Å². The average Bonchev–Trinajstić information content (AvgIpc) is 2.45. The molecule has 1 fully saturated rings. The minimum absolute atomic E-state index is 0.295. The molecule has 0 radical (unpaired) electrons. The third kappa shape index (κ3) is 6.29. The molecule has 0 bridgehead atoms. The van der Waals surface area contributed by atoms with E-state index in [1.807, 2.05) is 18.2 Å². The quantitative estimate of drug-likeness (QED) is 0.781. The first kappa shape index (κ1) is 19.6. The Morgan fingerprint density at radius 2 is 1.87 bits per heavy atom. The van der Waals surface area contributed by atoms with Gasteiger partial charge < -0.3 is 15.3 Å². The number of hydrogen-bond donors (Lipinski definition) is 2. The molecule has 1 aromatic carbocycles. The molecule has 2 N–H and O–H groups in total. The number of benzene rings is 1. The van der Waals surface area contributed by atoms with Gasteiger partial charge in [0, 0.05) is 35.4 Å². The Morgan fingerprint density at radius 1 is 1.35 bits per heavy atom. The molecular formula is C14H15Cl2F3N2O2. The first-order chi connectivity index (χ1) is 10.6. The van der Waals surface area contributed by atoms with Crippen LogP contribution in [0.1, 0.15) is 0 Å². The van der Waals surface area contributed by atoms with Gasteiger partial charge in [0.25, 0.3) is 0 Å². The number of carbonyl (C=O) groups is 1. The van der Waals surface area contributed by atoms with Crippen LogP contribution < -0.4 is 10.2 Å². The van der Waals surface area contributed by atoms with Gasteiger partial charge in [0.2, 0.25) is 0 Å². The fraction of sp³-hybridized carbons (Fsp3) is 0.357. The van der Waals surface area contributed by atoms with E-state index < -0.39 is 12.1 Å². The third-order valence-corrected chi connectivity index (χ3v) is 3.41. The van der Waals surface area contributed by atoms with Gasteiger partial charge in [-0.25, -0.2) is 4.79 Å². The van der Waals surface area contributed by atoms with E-state index in [4.69, 9.17) is 33.1 Å². The van der Waals surface area contributed by atoms with Crippen LogP contribution >= 0.6 is 23.2 Å². The number of anilines is 1. The summed E-state index contributed by atoms with van der Waals surface area (Å²) in [6, 6.07) is 5.92. The predicted molar refractivity (Wildman–Crippen MR) is 84.4 cm³/mol.